The molecule has 0 unspecified atom stereocenters. The zero-order chi connectivity index (χ0) is 12.5. The largest absolute Gasteiger partial charge is 0.492 e. The molecule has 2 amide bonds. The van der Waals surface area contributed by atoms with Crippen LogP contribution in [0.15, 0.2) is 28.7 Å². The van der Waals surface area contributed by atoms with Gasteiger partial charge in [-0.3, -0.25) is 0 Å². The number of urea groups is 1. The summed E-state index contributed by atoms with van der Waals surface area (Å²) in [6, 6.07) is 7.16. The number of benzene rings is 1. The molecule has 0 saturated carbocycles. The van der Waals surface area contributed by atoms with Gasteiger partial charge in [-0.05, 0) is 24.3 Å². The van der Waals surface area contributed by atoms with Gasteiger partial charge in [-0.15, -0.1) is 0 Å². The van der Waals surface area contributed by atoms with Crippen LogP contribution >= 0.6 is 15.9 Å². The van der Waals surface area contributed by atoms with E-state index in [0.29, 0.717) is 19.7 Å². The fourth-order valence-corrected chi connectivity index (χ4v) is 1.44. The number of hydrogen-bond acceptors (Lipinski definition) is 3. The van der Waals surface area contributed by atoms with Crippen LogP contribution in [-0.4, -0.2) is 32.3 Å². The average molecular weight is 302 g/mol. The number of rotatable bonds is 7. The quantitative estimate of drug-likeness (QED) is 0.660. The molecule has 0 heterocycles. The van der Waals surface area contributed by atoms with Crippen molar-refractivity contribution in [2.45, 2.75) is 0 Å². The monoisotopic (exact) mass is 301 g/mol. The summed E-state index contributed by atoms with van der Waals surface area (Å²) in [6.07, 6.45) is 0. The van der Waals surface area contributed by atoms with Crippen molar-refractivity contribution in [3.8, 4) is 5.75 Å². The van der Waals surface area contributed by atoms with Crippen molar-refractivity contribution in [3.05, 3.63) is 28.7 Å². The molecule has 0 fully saturated rings. The van der Waals surface area contributed by atoms with Crippen molar-refractivity contribution in [1.82, 2.24) is 10.6 Å². The molecule has 0 aliphatic carbocycles. The minimum atomic E-state index is -0.502. The summed E-state index contributed by atoms with van der Waals surface area (Å²) in [7, 11) is 0. The van der Waals surface area contributed by atoms with Crippen LogP contribution in [0, 0.1) is 0 Å². The maximum absolute atomic E-state index is 10.4. The fourth-order valence-electron chi connectivity index (χ4n) is 1.17. The number of nitrogens with two attached hydrogens (primary N) is 1. The van der Waals surface area contributed by atoms with E-state index in [9.17, 15) is 4.79 Å². The van der Waals surface area contributed by atoms with Crippen molar-refractivity contribution in [2.75, 3.05) is 26.2 Å². The van der Waals surface area contributed by atoms with Gasteiger partial charge < -0.3 is 21.1 Å². The lowest BCUT2D eigenvalue weighted by Crippen LogP contribution is -2.36. The van der Waals surface area contributed by atoms with Gasteiger partial charge in [0.2, 0.25) is 0 Å². The molecule has 0 bridgehead atoms. The van der Waals surface area contributed by atoms with Crippen LogP contribution < -0.4 is 21.1 Å². The minimum Gasteiger partial charge on any atom is -0.492 e. The van der Waals surface area contributed by atoms with Crippen LogP contribution in [0.1, 0.15) is 0 Å². The molecule has 6 heteroatoms. The highest BCUT2D eigenvalue weighted by Crippen LogP contribution is 2.15. The van der Waals surface area contributed by atoms with Crippen molar-refractivity contribution >= 4 is 22.0 Å². The number of amides is 2. The van der Waals surface area contributed by atoms with Crippen LogP contribution in [-0.2, 0) is 0 Å². The van der Waals surface area contributed by atoms with Crippen LogP contribution in [0.4, 0.5) is 4.79 Å². The number of nitrogens with one attached hydrogen (secondary N) is 2. The molecule has 1 aromatic carbocycles. The van der Waals surface area contributed by atoms with Crippen LogP contribution in [0.3, 0.4) is 0 Å². The van der Waals surface area contributed by atoms with Gasteiger partial charge >= 0.3 is 6.03 Å². The summed E-state index contributed by atoms with van der Waals surface area (Å²) in [5.74, 6) is 0.838. The summed E-state index contributed by atoms with van der Waals surface area (Å²) in [5.41, 5.74) is 4.92. The third-order valence-corrected chi connectivity index (χ3v) is 2.49. The predicted molar refractivity (Wildman–Crippen MR) is 70.1 cm³/mol. The van der Waals surface area contributed by atoms with E-state index in [1.165, 1.54) is 0 Å². The maximum Gasteiger partial charge on any atom is 0.312 e. The standard InChI is InChI=1S/C11H16BrN3O2/c12-9-1-3-10(4-2-9)17-8-7-14-5-6-15-11(13)16/h1-4,14H,5-8H2,(H3,13,15,16). The van der Waals surface area contributed by atoms with Crippen molar-refractivity contribution in [2.24, 2.45) is 5.73 Å². The number of ether oxygens (including phenoxy) is 1. The lowest BCUT2D eigenvalue weighted by atomic mass is 10.3. The first kappa shape index (κ1) is 13.8. The second-order valence-electron chi connectivity index (χ2n) is 3.34. The number of halogens is 1. The van der Waals surface area contributed by atoms with Gasteiger partial charge in [0, 0.05) is 24.1 Å². The Kier molecular flexibility index (Phi) is 6.42. The lowest BCUT2D eigenvalue weighted by Gasteiger charge is -2.07. The summed E-state index contributed by atoms with van der Waals surface area (Å²) in [5, 5.41) is 5.61. The molecule has 0 aliphatic rings. The molecular weight excluding hydrogens is 286 g/mol. The van der Waals surface area contributed by atoms with E-state index in [1.807, 2.05) is 24.3 Å². The molecule has 0 saturated heterocycles. The van der Waals surface area contributed by atoms with Crippen molar-refractivity contribution in [3.63, 3.8) is 0 Å². The first-order valence-electron chi connectivity index (χ1n) is 5.31. The molecule has 0 radical (unpaired) electrons. The Morgan fingerprint density at radius 3 is 2.59 bits per heavy atom. The van der Waals surface area contributed by atoms with Gasteiger partial charge in [0.25, 0.3) is 0 Å². The van der Waals surface area contributed by atoms with Crippen LogP contribution in [0.2, 0.25) is 0 Å². The van der Waals surface area contributed by atoms with E-state index in [4.69, 9.17) is 10.5 Å². The number of hydrogen-bond donors (Lipinski definition) is 3. The topological polar surface area (TPSA) is 76.4 Å². The SMILES string of the molecule is NC(=O)NCCNCCOc1ccc(Br)cc1. The van der Waals surface area contributed by atoms with E-state index in [1.54, 1.807) is 0 Å². The van der Waals surface area contributed by atoms with E-state index >= 15 is 0 Å². The Morgan fingerprint density at radius 2 is 1.94 bits per heavy atom. The van der Waals surface area contributed by atoms with Crippen molar-refractivity contribution < 1.29 is 9.53 Å². The first-order chi connectivity index (χ1) is 8.18. The van der Waals surface area contributed by atoms with Gasteiger partial charge in [0.1, 0.15) is 12.4 Å². The molecule has 94 valence electrons. The average Bonchev–Trinajstić information content (AvgIpc) is 2.30. The highest BCUT2D eigenvalue weighted by atomic mass is 79.9. The second-order valence-corrected chi connectivity index (χ2v) is 4.26. The molecule has 0 aliphatic heterocycles. The highest BCUT2D eigenvalue weighted by Gasteiger charge is 1.94. The summed E-state index contributed by atoms with van der Waals surface area (Å²) in [6.45, 7) is 2.50. The zero-order valence-corrected chi connectivity index (χ0v) is 11.0. The van der Waals surface area contributed by atoms with Crippen molar-refractivity contribution in [1.29, 1.82) is 0 Å². The molecule has 0 spiro atoms. The Morgan fingerprint density at radius 1 is 1.24 bits per heavy atom. The van der Waals surface area contributed by atoms with Gasteiger partial charge in [-0.25, -0.2) is 4.79 Å². The first-order valence-corrected chi connectivity index (χ1v) is 6.10. The Balaban J connectivity index is 2.01. The van der Waals surface area contributed by atoms with Gasteiger partial charge in [-0.2, -0.15) is 0 Å². The summed E-state index contributed by atoms with van der Waals surface area (Å²) >= 11 is 3.35. The van der Waals surface area contributed by atoms with Gasteiger partial charge in [0.05, 0.1) is 0 Å². The number of carbonyl (C=O) groups excluding carboxylic acids is 1. The third-order valence-electron chi connectivity index (χ3n) is 1.96. The fraction of sp³-hybridized carbons (Fsp3) is 0.364. The molecule has 1 rings (SSSR count). The highest BCUT2D eigenvalue weighted by molar-refractivity contribution is 9.10. The van der Waals surface area contributed by atoms with Gasteiger partial charge in [-0.1, -0.05) is 15.9 Å². The predicted octanol–water partition coefficient (Wildman–Crippen LogP) is 1.09. The Bertz CT molecular complexity index is 343. The smallest absolute Gasteiger partial charge is 0.312 e. The normalized spacial score (nSPS) is 9.94. The van der Waals surface area contributed by atoms with E-state index < -0.39 is 6.03 Å². The Hall–Kier alpha value is -1.27. The molecule has 0 atom stereocenters. The van der Waals surface area contributed by atoms with Gasteiger partial charge in [0.15, 0.2) is 0 Å². The Labute approximate surface area is 109 Å². The van der Waals surface area contributed by atoms with Crippen LogP contribution in [0.25, 0.3) is 0 Å². The van der Waals surface area contributed by atoms with E-state index in [2.05, 4.69) is 26.6 Å². The summed E-state index contributed by atoms with van der Waals surface area (Å²) in [4.78, 5) is 10.4. The van der Waals surface area contributed by atoms with Crippen LogP contribution in [0.5, 0.6) is 5.75 Å². The summed E-state index contributed by atoms with van der Waals surface area (Å²) < 4.78 is 6.52. The maximum atomic E-state index is 10.4. The number of primary amides is 1. The molecule has 1 aromatic rings. The number of carbonyl (C=O) groups is 1. The molecule has 4 N–H and O–H groups in total. The zero-order valence-electron chi connectivity index (χ0n) is 9.41. The lowest BCUT2D eigenvalue weighted by molar-refractivity contribution is 0.249. The molecular formula is C11H16BrN3O2. The molecule has 0 aromatic heterocycles. The molecule has 17 heavy (non-hydrogen) atoms. The minimum absolute atomic E-state index is 0.502. The van der Waals surface area contributed by atoms with E-state index in [-0.39, 0.29) is 0 Å². The molecule has 5 nitrogen and oxygen atoms in total. The second kappa shape index (κ2) is 7.92. The third kappa shape index (κ3) is 6.80. The van der Waals surface area contributed by atoms with E-state index in [0.717, 1.165) is 16.8 Å².